The molecule has 0 radical (unpaired) electrons. The number of nitrogens with zero attached hydrogens (tertiary/aromatic N) is 1. The summed E-state index contributed by atoms with van der Waals surface area (Å²) in [5.41, 5.74) is 2.23. The fourth-order valence-corrected chi connectivity index (χ4v) is 2.85. The first-order valence-corrected chi connectivity index (χ1v) is 7.26. The Hall–Kier alpha value is -2.17. The lowest BCUT2D eigenvalue weighted by Crippen LogP contribution is -2.35. The zero-order chi connectivity index (χ0) is 14.1. The molecule has 4 nitrogen and oxygen atoms in total. The minimum absolute atomic E-state index is 0.155. The van der Waals surface area contributed by atoms with Gasteiger partial charge < -0.3 is 15.0 Å². The molecule has 2 N–H and O–H groups in total. The van der Waals surface area contributed by atoms with Gasteiger partial charge in [0.15, 0.2) is 0 Å². The summed E-state index contributed by atoms with van der Waals surface area (Å²) in [5, 5.41) is 5.90. The van der Waals surface area contributed by atoms with Gasteiger partial charge in [0.05, 0.1) is 31.1 Å². The summed E-state index contributed by atoms with van der Waals surface area (Å²) in [6.45, 7) is 2.31. The van der Waals surface area contributed by atoms with Gasteiger partial charge >= 0.3 is 0 Å². The number of hydrogen-bond donors (Lipinski definition) is 2. The third-order valence-electron chi connectivity index (χ3n) is 3.93. The van der Waals surface area contributed by atoms with Gasteiger partial charge in [-0.3, -0.25) is 0 Å². The molecule has 1 unspecified atom stereocenters. The van der Waals surface area contributed by atoms with E-state index in [-0.39, 0.29) is 6.04 Å². The van der Waals surface area contributed by atoms with Crippen molar-refractivity contribution in [1.82, 2.24) is 15.3 Å². The Morgan fingerprint density at radius 2 is 2.00 bits per heavy atom. The maximum atomic E-state index is 5.50. The Morgan fingerprint density at radius 1 is 1.10 bits per heavy atom. The van der Waals surface area contributed by atoms with Crippen molar-refractivity contribution in [2.75, 3.05) is 19.8 Å². The van der Waals surface area contributed by atoms with E-state index in [2.05, 4.69) is 57.7 Å². The molecule has 4 rings (SSSR count). The highest BCUT2D eigenvalue weighted by molar-refractivity contribution is 5.95. The molecule has 0 bridgehead atoms. The summed E-state index contributed by atoms with van der Waals surface area (Å²) in [4.78, 5) is 7.96. The molecule has 0 amide bonds. The molecule has 21 heavy (non-hydrogen) atoms. The van der Waals surface area contributed by atoms with E-state index in [1.165, 1.54) is 16.3 Å². The zero-order valence-electron chi connectivity index (χ0n) is 11.7. The molecule has 2 aromatic carbocycles. The topological polar surface area (TPSA) is 49.9 Å². The highest BCUT2D eigenvalue weighted by Gasteiger charge is 2.18. The van der Waals surface area contributed by atoms with Crippen LogP contribution >= 0.6 is 0 Å². The number of nitrogens with one attached hydrogen (secondary N) is 2. The van der Waals surface area contributed by atoms with Crippen molar-refractivity contribution in [2.24, 2.45) is 0 Å². The number of fused-ring (bicyclic) bond motifs is 1. The van der Waals surface area contributed by atoms with Crippen LogP contribution in [0.25, 0.3) is 22.0 Å². The quantitative estimate of drug-likeness (QED) is 0.758. The first-order valence-electron chi connectivity index (χ1n) is 7.26. The van der Waals surface area contributed by atoms with Crippen LogP contribution in [0.3, 0.4) is 0 Å². The van der Waals surface area contributed by atoms with Crippen LogP contribution < -0.4 is 5.32 Å². The summed E-state index contributed by atoms with van der Waals surface area (Å²) in [5.74, 6) is 0.942. The van der Waals surface area contributed by atoms with Gasteiger partial charge in [0.2, 0.25) is 0 Å². The van der Waals surface area contributed by atoms with Crippen molar-refractivity contribution in [1.29, 1.82) is 0 Å². The van der Waals surface area contributed by atoms with E-state index in [0.717, 1.165) is 24.7 Å². The van der Waals surface area contributed by atoms with Gasteiger partial charge in [-0.25, -0.2) is 4.98 Å². The fourth-order valence-electron chi connectivity index (χ4n) is 2.85. The largest absolute Gasteiger partial charge is 0.378 e. The van der Waals surface area contributed by atoms with Crippen LogP contribution in [0.15, 0.2) is 48.7 Å². The van der Waals surface area contributed by atoms with Gasteiger partial charge in [-0.2, -0.15) is 0 Å². The normalized spacial score (nSPS) is 19.0. The Labute approximate surface area is 123 Å². The number of H-pyrrole nitrogens is 1. The third kappa shape index (κ3) is 2.33. The van der Waals surface area contributed by atoms with E-state index < -0.39 is 0 Å². The second kappa shape index (κ2) is 5.31. The second-order valence-corrected chi connectivity index (χ2v) is 5.29. The molecule has 106 valence electrons. The van der Waals surface area contributed by atoms with Gasteiger partial charge in [-0.15, -0.1) is 0 Å². The van der Waals surface area contributed by atoms with Crippen molar-refractivity contribution < 1.29 is 4.74 Å². The molecule has 2 heterocycles. The predicted molar refractivity (Wildman–Crippen MR) is 83.1 cm³/mol. The Morgan fingerprint density at radius 3 is 2.90 bits per heavy atom. The molecule has 1 atom stereocenters. The molecule has 0 saturated carbocycles. The van der Waals surface area contributed by atoms with Crippen LogP contribution in [0.2, 0.25) is 0 Å². The standard InChI is InChI=1S/C17H17N3O/c1-2-6-13-12(4-1)5-3-7-14(13)15-10-19-17(20-15)16-11-21-9-8-18-16/h1-7,10,16,18H,8-9,11H2,(H,19,20). The van der Waals surface area contributed by atoms with Gasteiger partial charge in [-0.05, 0) is 10.8 Å². The molecular weight excluding hydrogens is 262 g/mol. The summed E-state index contributed by atoms with van der Waals surface area (Å²) < 4.78 is 5.50. The van der Waals surface area contributed by atoms with Crippen molar-refractivity contribution in [3.05, 3.63) is 54.5 Å². The van der Waals surface area contributed by atoms with Crippen molar-refractivity contribution >= 4 is 10.8 Å². The van der Waals surface area contributed by atoms with Crippen LogP contribution in [0.5, 0.6) is 0 Å². The van der Waals surface area contributed by atoms with Gasteiger partial charge in [0.1, 0.15) is 5.82 Å². The Bertz CT molecular complexity index is 754. The van der Waals surface area contributed by atoms with Gasteiger partial charge in [0, 0.05) is 12.1 Å². The molecule has 0 aliphatic carbocycles. The average Bonchev–Trinajstić information content (AvgIpc) is 3.05. The molecule has 0 spiro atoms. The van der Waals surface area contributed by atoms with E-state index in [9.17, 15) is 0 Å². The molecule has 3 aromatic rings. The number of ether oxygens (including phenoxy) is 1. The molecule has 1 aromatic heterocycles. The van der Waals surface area contributed by atoms with E-state index in [4.69, 9.17) is 4.74 Å². The molecule has 1 saturated heterocycles. The highest BCUT2D eigenvalue weighted by atomic mass is 16.5. The Kier molecular flexibility index (Phi) is 3.18. The SMILES string of the molecule is c1ccc2c(-c3cnc(C4COCCN4)[nH]3)cccc2c1. The van der Waals surface area contributed by atoms with Gasteiger partial charge in [-0.1, -0.05) is 42.5 Å². The molecule has 1 aliphatic rings. The van der Waals surface area contributed by atoms with E-state index in [1.54, 1.807) is 0 Å². The van der Waals surface area contributed by atoms with Crippen LogP contribution in [0, 0.1) is 0 Å². The van der Waals surface area contributed by atoms with E-state index in [1.807, 2.05) is 6.20 Å². The third-order valence-corrected chi connectivity index (χ3v) is 3.93. The summed E-state index contributed by atoms with van der Waals surface area (Å²) in [6.07, 6.45) is 1.91. The fraction of sp³-hybridized carbons (Fsp3) is 0.235. The maximum absolute atomic E-state index is 5.50. The number of imidazole rings is 1. The summed E-state index contributed by atoms with van der Waals surface area (Å²) >= 11 is 0. The number of aromatic nitrogens is 2. The zero-order valence-corrected chi connectivity index (χ0v) is 11.7. The van der Waals surface area contributed by atoms with Crippen LogP contribution in [-0.4, -0.2) is 29.7 Å². The lowest BCUT2D eigenvalue weighted by molar-refractivity contribution is 0.0745. The minimum Gasteiger partial charge on any atom is -0.378 e. The first kappa shape index (κ1) is 12.6. The maximum Gasteiger partial charge on any atom is 0.126 e. The number of hydrogen-bond acceptors (Lipinski definition) is 3. The molecule has 1 fully saturated rings. The molecular formula is C17H17N3O. The lowest BCUT2D eigenvalue weighted by Gasteiger charge is -2.21. The number of aromatic amines is 1. The van der Waals surface area contributed by atoms with Crippen molar-refractivity contribution in [2.45, 2.75) is 6.04 Å². The monoisotopic (exact) mass is 279 g/mol. The van der Waals surface area contributed by atoms with Crippen molar-refractivity contribution in [3.63, 3.8) is 0 Å². The summed E-state index contributed by atoms with van der Waals surface area (Å²) in [7, 11) is 0. The number of morpholine rings is 1. The minimum atomic E-state index is 0.155. The number of rotatable bonds is 2. The molecule has 1 aliphatic heterocycles. The summed E-state index contributed by atoms with van der Waals surface area (Å²) in [6, 6.07) is 14.9. The average molecular weight is 279 g/mol. The van der Waals surface area contributed by atoms with Crippen molar-refractivity contribution in [3.8, 4) is 11.3 Å². The van der Waals surface area contributed by atoms with E-state index in [0.29, 0.717) is 6.61 Å². The van der Waals surface area contributed by atoms with Crippen LogP contribution in [0.1, 0.15) is 11.9 Å². The highest BCUT2D eigenvalue weighted by Crippen LogP contribution is 2.28. The molecule has 4 heteroatoms. The van der Waals surface area contributed by atoms with Crippen LogP contribution in [0.4, 0.5) is 0 Å². The van der Waals surface area contributed by atoms with E-state index >= 15 is 0 Å². The lowest BCUT2D eigenvalue weighted by atomic mass is 10.0. The predicted octanol–water partition coefficient (Wildman–Crippen LogP) is 2.89. The smallest absolute Gasteiger partial charge is 0.126 e. The number of benzene rings is 2. The van der Waals surface area contributed by atoms with Crippen LogP contribution in [-0.2, 0) is 4.74 Å². The second-order valence-electron chi connectivity index (χ2n) is 5.29. The van der Waals surface area contributed by atoms with Gasteiger partial charge in [0.25, 0.3) is 0 Å². The first-order chi connectivity index (χ1) is 10.4. The Balaban J connectivity index is 1.74.